The van der Waals surface area contributed by atoms with Crippen molar-refractivity contribution in [2.24, 2.45) is 5.73 Å². The van der Waals surface area contributed by atoms with Crippen LogP contribution in [0.15, 0.2) is 78.9 Å². The van der Waals surface area contributed by atoms with Crippen molar-refractivity contribution in [2.45, 2.75) is 26.6 Å². The number of aryl methyl sites for hydroxylation is 1. The van der Waals surface area contributed by atoms with Crippen molar-refractivity contribution >= 4 is 17.5 Å². The van der Waals surface area contributed by atoms with Gasteiger partial charge in [-0.2, -0.15) is 0 Å². The number of hydrogen-bond acceptors (Lipinski definition) is 3. The summed E-state index contributed by atoms with van der Waals surface area (Å²) >= 11 is 0. The Bertz CT molecular complexity index is 1470. The van der Waals surface area contributed by atoms with E-state index in [2.05, 4.69) is 41.8 Å². The van der Waals surface area contributed by atoms with E-state index in [1.807, 2.05) is 66.4 Å². The van der Waals surface area contributed by atoms with Gasteiger partial charge >= 0.3 is 0 Å². The number of para-hydroxylation sites is 1. The van der Waals surface area contributed by atoms with Crippen LogP contribution in [0.25, 0.3) is 11.1 Å². The van der Waals surface area contributed by atoms with Crippen LogP contribution in [0.4, 0.5) is 5.69 Å². The Morgan fingerprint density at radius 3 is 2.39 bits per heavy atom. The first kappa shape index (κ1) is 23.6. The summed E-state index contributed by atoms with van der Waals surface area (Å²) in [4.78, 5) is 30.0. The van der Waals surface area contributed by atoms with Crippen LogP contribution in [0.2, 0.25) is 0 Å². The molecule has 36 heavy (non-hydrogen) atoms. The predicted octanol–water partition coefficient (Wildman–Crippen LogP) is 4.83. The predicted molar refractivity (Wildman–Crippen MR) is 143 cm³/mol. The molecule has 0 radical (unpaired) electrons. The number of carbonyl (C=O) groups excluding carboxylic acids is 2. The van der Waals surface area contributed by atoms with Crippen molar-refractivity contribution in [3.05, 3.63) is 113 Å². The molecular formula is C30H30N4O2. The minimum absolute atomic E-state index is 0.0570. The Kier molecular flexibility index (Phi) is 6.20. The Hall–Kier alpha value is -4.16. The number of anilines is 1. The maximum atomic E-state index is 14.2. The zero-order valence-corrected chi connectivity index (χ0v) is 20.9. The van der Waals surface area contributed by atoms with E-state index in [-0.39, 0.29) is 5.91 Å². The number of carbonyl (C=O) groups is 2. The molecule has 2 amide bonds. The molecule has 1 aliphatic rings. The van der Waals surface area contributed by atoms with Gasteiger partial charge in [-0.1, -0.05) is 48.5 Å². The molecule has 2 heterocycles. The summed E-state index contributed by atoms with van der Waals surface area (Å²) < 4.78 is 2.32. The lowest BCUT2D eigenvalue weighted by atomic mass is 9.95. The molecule has 1 aromatic heterocycles. The summed E-state index contributed by atoms with van der Waals surface area (Å²) in [5.41, 5.74) is 13.5. The van der Waals surface area contributed by atoms with Gasteiger partial charge in [0.05, 0.1) is 6.54 Å². The van der Waals surface area contributed by atoms with E-state index >= 15 is 0 Å². The first-order chi connectivity index (χ1) is 17.3. The van der Waals surface area contributed by atoms with Crippen LogP contribution in [-0.4, -0.2) is 35.4 Å². The minimum atomic E-state index is -0.457. The highest BCUT2D eigenvalue weighted by Gasteiger charge is 2.27. The highest BCUT2D eigenvalue weighted by molar-refractivity contribution is 6.10. The van der Waals surface area contributed by atoms with Crippen LogP contribution in [0.3, 0.4) is 0 Å². The second kappa shape index (κ2) is 9.47. The molecule has 5 rings (SSSR count). The monoisotopic (exact) mass is 478 g/mol. The second-order valence-corrected chi connectivity index (χ2v) is 9.60. The molecule has 4 aromatic rings. The van der Waals surface area contributed by atoms with Gasteiger partial charge in [0, 0.05) is 41.3 Å². The van der Waals surface area contributed by atoms with Crippen molar-refractivity contribution < 1.29 is 9.59 Å². The van der Waals surface area contributed by atoms with E-state index in [4.69, 9.17) is 5.73 Å². The van der Waals surface area contributed by atoms with Crippen molar-refractivity contribution in [3.63, 3.8) is 0 Å². The first-order valence-corrected chi connectivity index (χ1v) is 12.0. The van der Waals surface area contributed by atoms with Crippen molar-refractivity contribution in [1.82, 2.24) is 9.47 Å². The van der Waals surface area contributed by atoms with Gasteiger partial charge in [0.1, 0.15) is 0 Å². The summed E-state index contributed by atoms with van der Waals surface area (Å²) in [5, 5.41) is 0. The molecule has 0 fully saturated rings. The van der Waals surface area contributed by atoms with Gasteiger partial charge in [0.15, 0.2) is 0 Å². The highest BCUT2D eigenvalue weighted by atomic mass is 16.2. The number of benzene rings is 3. The molecule has 2 N–H and O–H groups in total. The van der Waals surface area contributed by atoms with Gasteiger partial charge in [0.25, 0.3) is 5.91 Å². The minimum Gasteiger partial charge on any atom is -0.366 e. The standard InChI is InChI=1S/C30H30N4O2/c1-20-16-21(12-15-25(20)29(31)35)26-9-5-6-10-27(26)30(36)34-19-24-14-13-23(18-32(2)3)33(24)17-22-8-4-7-11-28(22)34/h4-16H,17-19H2,1-3H3,(H2,31,35). The van der Waals surface area contributed by atoms with Gasteiger partial charge < -0.3 is 20.1 Å². The number of primary amides is 1. The first-order valence-electron chi connectivity index (χ1n) is 12.0. The van der Waals surface area contributed by atoms with Crippen LogP contribution in [-0.2, 0) is 19.6 Å². The average Bonchev–Trinajstić information content (AvgIpc) is 3.13. The second-order valence-electron chi connectivity index (χ2n) is 9.60. The Balaban J connectivity index is 1.58. The zero-order valence-electron chi connectivity index (χ0n) is 20.9. The lowest BCUT2D eigenvalue weighted by Crippen LogP contribution is -2.31. The number of fused-ring (bicyclic) bond motifs is 2. The Morgan fingerprint density at radius 1 is 0.889 bits per heavy atom. The molecule has 0 spiro atoms. The van der Waals surface area contributed by atoms with Gasteiger partial charge in [0.2, 0.25) is 5.91 Å². The zero-order chi connectivity index (χ0) is 25.4. The van der Waals surface area contributed by atoms with Crippen molar-refractivity contribution in [1.29, 1.82) is 0 Å². The summed E-state index contributed by atoms with van der Waals surface area (Å²) in [5.74, 6) is -0.514. The third-order valence-corrected chi connectivity index (χ3v) is 6.78. The summed E-state index contributed by atoms with van der Waals surface area (Å²) in [6.45, 7) is 3.90. The summed E-state index contributed by atoms with van der Waals surface area (Å²) in [7, 11) is 4.13. The largest absolute Gasteiger partial charge is 0.366 e. The molecule has 0 unspecified atom stereocenters. The molecule has 6 nitrogen and oxygen atoms in total. The molecule has 0 bridgehead atoms. The number of rotatable bonds is 5. The maximum Gasteiger partial charge on any atom is 0.259 e. The molecule has 1 aliphatic heterocycles. The van der Waals surface area contributed by atoms with Crippen LogP contribution in [0.5, 0.6) is 0 Å². The fourth-order valence-corrected chi connectivity index (χ4v) is 5.04. The van der Waals surface area contributed by atoms with Crippen LogP contribution in [0, 0.1) is 6.92 Å². The van der Waals surface area contributed by atoms with Crippen molar-refractivity contribution in [2.75, 3.05) is 19.0 Å². The smallest absolute Gasteiger partial charge is 0.259 e. The van der Waals surface area contributed by atoms with Gasteiger partial charge in [-0.05, 0) is 73.6 Å². The third-order valence-electron chi connectivity index (χ3n) is 6.78. The normalized spacial score (nSPS) is 12.7. The number of nitrogens with zero attached hydrogens (tertiary/aromatic N) is 3. The van der Waals surface area contributed by atoms with Crippen LogP contribution >= 0.6 is 0 Å². The topological polar surface area (TPSA) is 71.6 Å². The molecular weight excluding hydrogens is 448 g/mol. The van der Waals surface area contributed by atoms with E-state index in [0.717, 1.165) is 46.7 Å². The van der Waals surface area contributed by atoms with E-state index in [1.165, 1.54) is 5.69 Å². The van der Waals surface area contributed by atoms with Crippen LogP contribution < -0.4 is 10.6 Å². The molecule has 182 valence electrons. The third kappa shape index (κ3) is 4.32. The Labute approximate surface area is 211 Å². The number of nitrogens with two attached hydrogens (primary N) is 1. The SMILES string of the molecule is Cc1cc(-c2ccccc2C(=O)N2Cc3ccc(CN(C)C)n3Cc3ccccc32)ccc1C(N)=O. The lowest BCUT2D eigenvalue weighted by Gasteiger charge is -2.24. The molecule has 3 aromatic carbocycles. The molecule has 0 atom stereocenters. The maximum absolute atomic E-state index is 14.2. The quantitative estimate of drug-likeness (QED) is 0.447. The van der Waals surface area contributed by atoms with E-state index in [9.17, 15) is 9.59 Å². The molecule has 6 heteroatoms. The molecule has 0 aliphatic carbocycles. The van der Waals surface area contributed by atoms with Gasteiger partial charge in [-0.15, -0.1) is 0 Å². The average molecular weight is 479 g/mol. The fourth-order valence-electron chi connectivity index (χ4n) is 5.04. The molecule has 0 saturated carbocycles. The lowest BCUT2D eigenvalue weighted by molar-refractivity contribution is 0.0981. The fraction of sp³-hybridized carbons (Fsp3) is 0.200. The van der Waals surface area contributed by atoms with Gasteiger partial charge in [-0.25, -0.2) is 0 Å². The summed E-state index contributed by atoms with van der Waals surface area (Å²) in [6.07, 6.45) is 0. The molecule has 0 saturated heterocycles. The van der Waals surface area contributed by atoms with E-state index in [0.29, 0.717) is 17.7 Å². The van der Waals surface area contributed by atoms with E-state index in [1.54, 1.807) is 6.07 Å². The Morgan fingerprint density at radius 2 is 1.64 bits per heavy atom. The number of amides is 2. The number of aromatic nitrogens is 1. The van der Waals surface area contributed by atoms with Crippen molar-refractivity contribution in [3.8, 4) is 11.1 Å². The van der Waals surface area contributed by atoms with Crippen LogP contribution in [0.1, 0.15) is 43.2 Å². The van der Waals surface area contributed by atoms with Gasteiger partial charge in [-0.3, -0.25) is 9.59 Å². The highest BCUT2D eigenvalue weighted by Crippen LogP contribution is 2.33. The number of hydrogen-bond donors (Lipinski definition) is 1. The summed E-state index contributed by atoms with van der Waals surface area (Å²) in [6, 6.07) is 25.6. The van der Waals surface area contributed by atoms with E-state index < -0.39 is 5.91 Å².